The average molecular weight is 801 g/mol. The summed E-state index contributed by atoms with van der Waals surface area (Å²) in [6.07, 6.45) is 2.37. The summed E-state index contributed by atoms with van der Waals surface area (Å²) in [7, 11) is 0. The van der Waals surface area contributed by atoms with Crippen LogP contribution in [0.1, 0.15) is 61.2 Å². The van der Waals surface area contributed by atoms with E-state index in [1.165, 1.54) is 94.2 Å². The molecule has 0 saturated heterocycles. The molecule has 0 N–H and O–H groups in total. The molecule has 10 aromatic rings. The minimum absolute atomic E-state index is 0.521. The van der Waals surface area contributed by atoms with Crippen LogP contribution in [0.2, 0.25) is 0 Å². The lowest BCUT2D eigenvalue weighted by molar-refractivity contribution is 0.436. The Labute approximate surface area is 367 Å². The van der Waals surface area contributed by atoms with Crippen molar-refractivity contribution >= 4 is 22.4 Å². The Balaban J connectivity index is 1.07. The fraction of sp³-hybridized carbons (Fsp3) is 0.0323. The summed E-state index contributed by atoms with van der Waals surface area (Å²) in [5.74, 6) is 1.80. The molecule has 1 heterocycles. The third kappa shape index (κ3) is 4.99. The molecule has 3 aliphatic rings. The Hall–Kier alpha value is -8.00. The van der Waals surface area contributed by atoms with Gasteiger partial charge < -0.3 is 4.74 Å². The van der Waals surface area contributed by atoms with Crippen LogP contribution in [-0.4, -0.2) is 0 Å². The van der Waals surface area contributed by atoms with Gasteiger partial charge in [-0.1, -0.05) is 212 Å². The molecule has 0 amide bonds. The lowest BCUT2D eigenvalue weighted by atomic mass is 9.66. The Morgan fingerprint density at radius 1 is 0.349 bits per heavy atom. The molecular weight excluding hydrogens is 761 g/mol. The molecule has 0 saturated carbocycles. The number of para-hydroxylation sites is 2. The maximum absolute atomic E-state index is 6.63. The van der Waals surface area contributed by atoms with Crippen LogP contribution in [0.5, 0.6) is 11.5 Å². The second kappa shape index (κ2) is 13.8. The summed E-state index contributed by atoms with van der Waals surface area (Å²) in [6, 6.07) is 87.3. The van der Waals surface area contributed by atoms with Crippen LogP contribution in [0, 0.1) is 0 Å². The van der Waals surface area contributed by atoms with E-state index in [4.69, 9.17) is 4.74 Å². The van der Waals surface area contributed by atoms with Crippen molar-refractivity contribution in [1.82, 2.24) is 0 Å². The summed E-state index contributed by atoms with van der Waals surface area (Å²) in [6.45, 7) is 0. The molecule has 1 unspecified atom stereocenters. The van der Waals surface area contributed by atoms with Crippen molar-refractivity contribution in [2.75, 3.05) is 0 Å². The van der Waals surface area contributed by atoms with Crippen molar-refractivity contribution in [2.45, 2.75) is 10.8 Å². The van der Waals surface area contributed by atoms with E-state index in [0.717, 1.165) is 17.1 Å². The molecule has 1 spiro atoms. The molecule has 1 heteroatoms. The van der Waals surface area contributed by atoms with Crippen molar-refractivity contribution in [2.24, 2.45) is 0 Å². The van der Waals surface area contributed by atoms with Crippen molar-refractivity contribution in [1.29, 1.82) is 0 Å². The summed E-state index contributed by atoms with van der Waals surface area (Å²) in [5.41, 5.74) is 18.7. The van der Waals surface area contributed by atoms with Crippen molar-refractivity contribution in [3.05, 3.63) is 298 Å². The quantitative estimate of drug-likeness (QED) is 0.158. The number of fused-ring (bicyclic) bond motifs is 14. The second-order valence-corrected chi connectivity index (χ2v) is 17.1. The predicted molar refractivity (Wildman–Crippen MR) is 258 cm³/mol. The minimum Gasteiger partial charge on any atom is -0.457 e. The largest absolute Gasteiger partial charge is 0.457 e. The zero-order chi connectivity index (χ0) is 41.5. The molecule has 10 aromatic carbocycles. The molecule has 294 valence electrons. The van der Waals surface area contributed by atoms with Crippen LogP contribution in [0.4, 0.5) is 0 Å². The number of benzene rings is 10. The van der Waals surface area contributed by atoms with Crippen molar-refractivity contribution < 1.29 is 4.74 Å². The average Bonchev–Trinajstić information content (AvgIpc) is 3.82. The van der Waals surface area contributed by atoms with Gasteiger partial charge in [0.25, 0.3) is 0 Å². The normalized spacial score (nSPS) is 16.0. The first-order valence-corrected chi connectivity index (χ1v) is 21.9. The molecule has 0 bridgehead atoms. The second-order valence-electron chi connectivity index (χ2n) is 17.1. The van der Waals surface area contributed by atoms with Gasteiger partial charge in [-0.3, -0.25) is 0 Å². The van der Waals surface area contributed by atoms with E-state index in [9.17, 15) is 0 Å². The molecular formula is C62H40O. The SMILES string of the molecule is C(=C(/c1cccc(C2(c3ccccc3)c3ccccc3-c3ccc4ccccc4c32)c1)c1ccc2c(c1)-c1ccccc1C21c2ccccc2Oc2ccccc21)/c1ccccc1. The first kappa shape index (κ1) is 35.7. The van der Waals surface area contributed by atoms with Gasteiger partial charge in [0.1, 0.15) is 11.5 Å². The topological polar surface area (TPSA) is 9.23 Å². The highest BCUT2D eigenvalue weighted by Gasteiger charge is 2.51. The molecule has 0 radical (unpaired) electrons. The summed E-state index contributed by atoms with van der Waals surface area (Å²) >= 11 is 0. The van der Waals surface area contributed by atoms with Gasteiger partial charge in [0.2, 0.25) is 0 Å². The molecule has 0 fully saturated rings. The van der Waals surface area contributed by atoms with E-state index in [-0.39, 0.29) is 0 Å². The zero-order valence-corrected chi connectivity index (χ0v) is 34.5. The van der Waals surface area contributed by atoms with Crippen LogP contribution < -0.4 is 4.74 Å². The van der Waals surface area contributed by atoms with E-state index in [1.54, 1.807) is 0 Å². The van der Waals surface area contributed by atoms with Gasteiger partial charge in [0.05, 0.1) is 10.8 Å². The van der Waals surface area contributed by atoms with Crippen LogP contribution in [-0.2, 0) is 10.8 Å². The summed E-state index contributed by atoms with van der Waals surface area (Å²) < 4.78 is 6.63. The molecule has 1 atom stereocenters. The number of hydrogen-bond acceptors (Lipinski definition) is 1. The Morgan fingerprint density at radius 2 is 0.905 bits per heavy atom. The van der Waals surface area contributed by atoms with Crippen molar-refractivity contribution in [3.8, 4) is 33.8 Å². The zero-order valence-electron chi connectivity index (χ0n) is 34.5. The maximum Gasteiger partial charge on any atom is 0.132 e. The highest BCUT2D eigenvalue weighted by atomic mass is 16.5. The predicted octanol–water partition coefficient (Wildman–Crippen LogP) is 15.3. The third-order valence-corrected chi connectivity index (χ3v) is 14.0. The van der Waals surface area contributed by atoms with Gasteiger partial charge in [-0.05, 0) is 119 Å². The molecule has 0 aromatic heterocycles. The number of rotatable bonds is 5. The Kier molecular flexibility index (Phi) is 7.80. The van der Waals surface area contributed by atoms with Gasteiger partial charge in [0, 0.05) is 11.1 Å². The highest BCUT2D eigenvalue weighted by molar-refractivity contribution is 6.01. The lowest BCUT2D eigenvalue weighted by Crippen LogP contribution is -2.32. The first-order valence-electron chi connectivity index (χ1n) is 21.9. The molecule has 2 aliphatic carbocycles. The lowest BCUT2D eigenvalue weighted by Gasteiger charge is -2.39. The fourth-order valence-corrected chi connectivity index (χ4v) is 11.5. The van der Waals surface area contributed by atoms with Gasteiger partial charge >= 0.3 is 0 Å². The van der Waals surface area contributed by atoms with Crippen LogP contribution in [0.25, 0.3) is 44.7 Å². The van der Waals surface area contributed by atoms with Crippen molar-refractivity contribution in [3.63, 3.8) is 0 Å². The highest BCUT2D eigenvalue weighted by Crippen LogP contribution is 2.63. The van der Waals surface area contributed by atoms with Crippen LogP contribution in [0.3, 0.4) is 0 Å². The Morgan fingerprint density at radius 3 is 1.65 bits per heavy atom. The third-order valence-electron chi connectivity index (χ3n) is 14.0. The molecule has 63 heavy (non-hydrogen) atoms. The van der Waals surface area contributed by atoms with Gasteiger partial charge in [-0.15, -0.1) is 0 Å². The van der Waals surface area contributed by atoms with Gasteiger partial charge in [-0.2, -0.15) is 0 Å². The van der Waals surface area contributed by atoms with E-state index in [2.05, 4.69) is 243 Å². The standard InChI is InChI=1S/C62H40O/c1-3-18-41(19-4-1)38-51(44-35-37-55-52(40-44)49-27-10-12-29-54(49)62(55)56-30-13-15-32-58(56)63-59-33-16-14-31-57(59)62)43-21-17-24-46(39-43)61(45-22-5-2-6-23-45)53-28-11-9-26-48(53)50-36-34-42-20-7-8-25-47(42)60(50)61/h1-40H/b51-38+. The van der Waals surface area contributed by atoms with E-state index in [1.807, 2.05) is 0 Å². The fourth-order valence-electron chi connectivity index (χ4n) is 11.5. The minimum atomic E-state index is -0.561. The summed E-state index contributed by atoms with van der Waals surface area (Å²) in [4.78, 5) is 0. The van der Waals surface area contributed by atoms with Crippen LogP contribution >= 0.6 is 0 Å². The first-order chi connectivity index (χ1) is 31.2. The van der Waals surface area contributed by atoms with Gasteiger partial charge in [-0.25, -0.2) is 0 Å². The Bertz CT molecular complexity index is 3440. The van der Waals surface area contributed by atoms with Crippen LogP contribution in [0.15, 0.2) is 237 Å². The van der Waals surface area contributed by atoms with Gasteiger partial charge in [0.15, 0.2) is 0 Å². The molecule has 1 aliphatic heterocycles. The summed E-state index contributed by atoms with van der Waals surface area (Å²) in [5, 5.41) is 2.53. The monoisotopic (exact) mass is 800 g/mol. The van der Waals surface area contributed by atoms with E-state index >= 15 is 0 Å². The maximum atomic E-state index is 6.63. The smallest absolute Gasteiger partial charge is 0.132 e. The van der Waals surface area contributed by atoms with E-state index in [0.29, 0.717) is 0 Å². The van der Waals surface area contributed by atoms with E-state index < -0.39 is 10.8 Å². The number of hydrogen-bond donors (Lipinski definition) is 0. The number of ether oxygens (including phenoxy) is 1. The molecule has 1 nitrogen and oxygen atoms in total. The molecule has 13 rings (SSSR count).